The summed E-state index contributed by atoms with van der Waals surface area (Å²) in [5.74, 6) is -4.61. The number of pyridine rings is 1. The second-order valence-electron chi connectivity index (χ2n) is 8.88. The van der Waals surface area contributed by atoms with Crippen LogP contribution < -0.4 is 4.90 Å². The summed E-state index contributed by atoms with van der Waals surface area (Å²) in [5, 5.41) is 14.2. The second-order valence-corrected chi connectivity index (χ2v) is 8.88. The van der Waals surface area contributed by atoms with Crippen LogP contribution in [-0.4, -0.2) is 104 Å². The fourth-order valence-corrected chi connectivity index (χ4v) is 3.97. The zero-order valence-corrected chi connectivity index (χ0v) is 21.3. The number of carboxylic acids is 2. The molecule has 0 bridgehead atoms. The van der Waals surface area contributed by atoms with Gasteiger partial charge in [-0.2, -0.15) is 26.3 Å². The summed E-state index contributed by atoms with van der Waals surface area (Å²) < 4.78 is 63.5. The number of amides is 1. The van der Waals surface area contributed by atoms with Crippen LogP contribution in [-0.2, 0) is 20.9 Å². The molecule has 0 aliphatic carbocycles. The van der Waals surface area contributed by atoms with Crippen molar-refractivity contribution in [1.29, 1.82) is 0 Å². The molecule has 2 aliphatic rings. The van der Waals surface area contributed by atoms with E-state index in [9.17, 15) is 31.1 Å². The van der Waals surface area contributed by atoms with E-state index in [1.807, 2.05) is 43.5 Å². The van der Waals surface area contributed by atoms with Crippen molar-refractivity contribution in [3.63, 3.8) is 0 Å². The van der Waals surface area contributed by atoms with Crippen molar-refractivity contribution in [3.8, 4) is 0 Å². The van der Waals surface area contributed by atoms with Crippen molar-refractivity contribution in [2.75, 3.05) is 38.1 Å². The van der Waals surface area contributed by atoms with Crippen molar-refractivity contribution in [1.82, 2.24) is 24.8 Å². The highest BCUT2D eigenvalue weighted by atomic mass is 19.4. The standard InChI is InChI=1S/C19H24N6O.2C2HF3O2/c1-15-10-21-18(22-11-15)24-7-5-19(14-24)17(26)23(2)8-9-25(19)13-16-4-3-6-20-12-16;2*3-2(4,5)1(6)7/h3-4,6,10-12H,5,7-9,13-14H2,1-2H3;2*(H,6,7). The molecule has 11 nitrogen and oxygen atoms in total. The molecule has 2 fully saturated rings. The van der Waals surface area contributed by atoms with E-state index in [1.165, 1.54) is 0 Å². The van der Waals surface area contributed by atoms with Crippen LogP contribution in [0.2, 0.25) is 0 Å². The van der Waals surface area contributed by atoms with Crippen molar-refractivity contribution < 1.29 is 50.9 Å². The predicted molar refractivity (Wildman–Crippen MR) is 126 cm³/mol. The summed E-state index contributed by atoms with van der Waals surface area (Å²) in [6.07, 6.45) is -2.06. The number of hydrogen-bond donors (Lipinski definition) is 2. The first-order valence-electron chi connectivity index (χ1n) is 11.5. The van der Waals surface area contributed by atoms with Gasteiger partial charge in [-0.3, -0.25) is 14.7 Å². The number of anilines is 1. The molecule has 0 aromatic carbocycles. The lowest BCUT2D eigenvalue weighted by atomic mass is 9.91. The largest absolute Gasteiger partial charge is 0.490 e. The van der Waals surface area contributed by atoms with E-state index < -0.39 is 29.8 Å². The third kappa shape index (κ3) is 8.49. The van der Waals surface area contributed by atoms with E-state index in [0.29, 0.717) is 12.5 Å². The highest BCUT2D eigenvalue weighted by Gasteiger charge is 2.53. The van der Waals surface area contributed by atoms with E-state index >= 15 is 0 Å². The molecule has 2 aliphatic heterocycles. The Balaban J connectivity index is 0.000000333. The Kier molecular flexibility index (Phi) is 10.4. The number of aryl methyl sites for hydroxylation is 1. The maximum Gasteiger partial charge on any atom is 0.490 e. The summed E-state index contributed by atoms with van der Waals surface area (Å²) in [4.78, 5) is 50.4. The molecule has 1 atom stereocenters. The molecule has 2 N–H and O–H groups in total. The molecule has 220 valence electrons. The molecule has 2 aromatic heterocycles. The molecular formula is C23H26F6N6O5. The molecule has 4 rings (SSSR count). The number of carboxylic acid groups (broad SMARTS) is 2. The Morgan fingerprint density at radius 1 is 0.975 bits per heavy atom. The van der Waals surface area contributed by atoms with Crippen LogP contribution in [0.15, 0.2) is 36.9 Å². The lowest BCUT2D eigenvalue weighted by Crippen LogP contribution is -2.65. The van der Waals surface area contributed by atoms with Gasteiger partial charge in [0.05, 0.1) is 0 Å². The van der Waals surface area contributed by atoms with Gasteiger partial charge in [0, 0.05) is 64.6 Å². The van der Waals surface area contributed by atoms with Crippen molar-refractivity contribution in [2.24, 2.45) is 0 Å². The SMILES string of the molecule is Cc1cnc(N2CCC3(C2)C(=O)N(C)CCN3Cc2cccnc2)nc1.O=C(O)C(F)(F)F.O=C(O)C(F)(F)F. The lowest BCUT2D eigenvalue weighted by molar-refractivity contribution is -0.193. The highest BCUT2D eigenvalue weighted by Crippen LogP contribution is 2.35. The molecule has 4 heterocycles. The first-order valence-corrected chi connectivity index (χ1v) is 11.5. The monoisotopic (exact) mass is 580 g/mol. The Morgan fingerprint density at radius 2 is 1.52 bits per heavy atom. The summed E-state index contributed by atoms with van der Waals surface area (Å²) >= 11 is 0. The number of likely N-dealkylation sites (N-methyl/N-ethyl adjacent to an activating group) is 1. The number of nitrogens with zero attached hydrogens (tertiary/aromatic N) is 6. The van der Waals surface area contributed by atoms with Crippen LogP contribution in [0.3, 0.4) is 0 Å². The average Bonchev–Trinajstić information content (AvgIpc) is 3.31. The van der Waals surface area contributed by atoms with E-state index in [0.717, 1.165) is 43.7 Å². The fourth-order valence-electron chi connectivity index (χ4n) is 3.97. The molecule has 17 heteroatoms. The molecule has 2 saturated heterocycles. The van der Waals surface area contributed by atoms with Crippen LogP contribution in [0.1, 0.15) is 17.5 Å². The number of piperazine rings is 1. The third-order valence-corrected chi connectivity index (χ3v) is 5.93. The number of carbonyl (C=O) groups is 3. The van der Waals surface area contributed by atoms with Crippen molar-refractivity contribution in [3.05, 3.63) is 48.0 Å². The van der Waals surface area contributed by atoms with Crippen LogP contribution in [0.4, 0.5) is 32.3 Å². The van der Waals surface area contributed by atoms with Gasteiger partial charge in [-0.1, -0.05) is 6.07 Å². The maximum absolute atomic E-state index is 13.2. The number of halogens is 6. The van der Waals surface area contributed by atoms with Crippen LogP contribution in [0.25, 0.3) is 0 Å². The van der Waals surface area contributed by atoms with Crippen LogP contribution in [0.5, 0.6) is 0 Å². The Morgan fingerprint density at radius 3 is 2.00 bits per heavy atom. The Labute approximate surface area is 224 Å². The first kappa shape index (κ1) is 32.2. The lowest BCUT2D eigenvalue weighted by Gasteiger charge is -2.46. The van der Waals surface area contributed by atoms with Gasteiger partial charge in [0.25, 0.3) is 0 Å². The van der Waals surface area contributed by atoms with Gasteiger partial charge in [0.1, 0.15) is 5.54 Å². The van der Waals surface area contributed by atoms with Crippen molar-refractivity contribution in [2.45, 2.75) is 37.8 Å². The number of hydrogen-bond acceptors (Lipinski definition) is 8. The van der Waals surface area contributed by atoms with Gasteiger partial charge >= 0.3 is 24.3 Å². The highest BCUT2D eigenvalue weighted by molar-refractivity contribution is 5.88. The maximum atomic E-state index is 13.2. The normalized spacial score (nSPS) is 19.4. The minimum Gasteiger partial charge on any atom is -0.475 e. The van der Waals surface area contributed by atoms with Gasteiger partial charge in [0.15, 0.2) is 0 Å². The summed E-state index contributed by atoms with van der Waals surface area (Å²) in [7, 11) is 1.90. The van der Waals surface area contributed by atoms with Gasteiger partial charge < -0.3 is 20.0 Å². The van der Waals surface area contributed by atoms with E-state index in [-0.39, 0.29) is 5.91 Å². The molecule has 1 amide bonds. The summed E-state index contributed by atoms with van der Waals surface area (Å²) in [6, 6.07) is 4.01. The first-order chi connectivity index (χ1) is 18.5. The number of carbonyl (C=O) groups excluding carboxylic acids is 1. The van der Waals surface area contributed by atoms with E-state index in [2.05, 4.69) is 30.8 Å². The molecule has 1 spiro atoms. The Hall–Kier alpha value is -4.02. The van der Waals surface area contributed by atoms with Gasteiger partial charge in [0.2, 0.25) is 11.9 Å². The molecule has 0 saturated carbocycles. The number of aromatic nitrogens is 3. The number of aliphatic carboxylic acids is 2. The molecule has 40 heavy (non-hydrogen) atoms. The topological polar surface area (TPSA) is 140 Å². The number of rotatable bonds is 3. The molecule has 0 radical (unpaired) electrons. The molecule has 2 aromatic rings. The number of alkyl halides is 6. The quantitative estimate of drug-likeness (QED) is 0.520. The summed E-state index contributed by atoms with van der Waals surface area (Å²) in [6.45, 7) is 5.73. The van der Waals surface area contributed by atoms with E-state index in [4.69, 9.17) is 19.8 Å². The van der Waals surface area contributed by atoms with Crippen LogP contribution >= 0.6 is 0 Å². The fraction of sp³-hybridized carbons (Fsp3) is 0.478. The van der Waals surface area contributed by atoms with Crippen molar-refractivity contribution >= 4 is 23.8 Å². The minimum absolute atomic E-state index is 0.197. The predicted octanol–water partition coefficient (Wildman–Crippen LogP) is 2.37. The molecule has 1 unspecified atom stereocenters. The minimum atomic E-state index is -5.08. The van der Waals surface area contributed by atoms with E-state index in [1.54, 1.807) is 6.20 Å². The van der Waals surface area contributed by atoms with Gasteiger partial charge in [-0.05, 0) is 30.5 Å². The zero-order chi connectivity index (χ0) is 30.3. The smallest absolute Gasteiger partial charge is 0.475 e. The second kappa shape index (κ2) is 12.9. The Bertz CT molecular complexity index is 1140. The third-order valence-electron chi connectivity index (χ3n) is 5.93. The zero-order valence-electron chi connectivity index (χ0n) is 21.3. The van der Waals surface area contributed by atoms with Gasteiger partial charge in [-0.25, -0.2) is 19.6 Å². The van der Waals surface area contributed by atoms with Gasteiger partial charge in [-0.15, -0.1) is 0 Å². The van der Waals surface area contributed by atoms with Crippen LogP contribution in [0, 0.1) is 6.92 Å². The average molecular weight is 580 g/mol. The summed E-state index contributed by atoms with van der Waals surface area (Å²) in [5.41, 5.74) is 1.65. The molecular weight excluding hydrogens is 554 g/mol.